The Kier molecular flexibility index (Phi) is 63.9. The Morgan fingerprint density at radius 3 is 1.04 bits per heavy atom. The SMILES string of the molecule is CC/C=C\C/C=C\C/C=C\C/C=C\C/C=C\C/C=C\C/C=C\CCCCCCCCCCCCCCCCCCCC(=O)NC(COP(=O)(O)OCC[N+](C)(C)C)C(O)/C=C/CCCCCCCCCCCCCCCCCCCCCCCC. The topological polar surface area (TPSA) is 105 Å². The quantitative estimate of drug-likeness (QED) is 0.0243. The number of hydrogen-bond acceptors (Lipinski definition) is 5. The molecule has 0 aromatic rings. The number of quaternary nitrogens is 1. The Balaban J connectivity index is 4.03. The van der Waals surface area contributed by atoms with Gasteiger partial charge < -0.3 is 19.8 Å². The molecule has 494 valence electrons. The average Bonchev–Trinajstić information content (AvgIpc) is 3.49. The van der Waals surface area contributed by atoms with Crippen molar-refractivity contribution >= 4 is 13.7 Å². The Labute approximate surface area is 528 Å². The van der Waals surface area contributed by atoms with Gasteiger partial charge in [0.05, 0.1) is 39.9 Å². The molecule has 3 unspecified atom stereocenters. The second-order valence-electron chi connectivity index (χ2n) is 25.6. The van der Waals surface area contributed by atoms with Crippen molar-refractivity contribution in [3.63, 3.8) is 0 Å². The third-order valence-corrected chi connectivity index (χ3v) is 17.0. The first-order chi connectivity index (χ1) is 41.5. The predicted molar refractivity (Wildman–Crippen MR) is 373 cm³/mol. The summed E-state index contributed by atoms with van der Waals surface area (Å²) in [6, 6.07) is -0.851. The molecule has 0 saturated heterocycles. The fourth-order valence-corrected chi connectivity index (χ4v) is 11.2. The van der Waals surface area contributed by atoms with E-state index in [1.165, 1.54) is 225 Å². The van der Waals surface area contributed by atoms with Gasteiger partial charge in [-0.2, -0.15) is 0 Å². The van der Waals surface area contributed by atoms with Crippen molar-refractivity contribution in [1.82, 2.24) is 5.32 Å². The van der Waals surface area contributed by atoms with Crippen LogP contribution in [0.25, 0.3) is 0 Å². The molecule has 8 nitrogen and oxygen atoms in total. The molecular weight excluding hydrogens is 1070 g/mol. The smallest absolute Gasteiger partial charge is 0.387 e. The highest BCUT2D eigenvalue weighted by molar-refractivity contribution is 7.47. The lowest BCUT2D eigenvalue weighted by molar-refractivity contribution is -0.870. The number of carbonyl (C=O) groups is 1. The van der Waals surface area contributed by atoms with Gasteiger partial charge in [0.25, 0.3) is 0 Å². The van der Waals surface area contributed by atoms with E-state index in [-0.39, 0.29) is 19.1 Å². The van der Waals surface area contributed by atoms with E-state index in [0.717, 1.165) is 83.5 Å². The van der Waals surface area contributed by atoms with Crippen molar-refractivity contribution in [2.45, 2.75) is 341 Å². The van der Waals surface area contributed by atoms with E-state index < -0.39 is 20.0 Å². The summed E-state index contributed by atoms with van der Waals surface area (Å²) in [6.07, 6.45) is 95.6. The zero-order valence-corrected chi connectivity index (χ0v) is 57.5. The normalized spacial score (nSPS) is 14.2. The minimum absolute atomic E-state index is 0.0602. The summed E-state index contributed by atoms with van der Waals surface area (Å²) in [6.45, 7) is 4.74. The van der Waals surface area contributed by atoms with Crippen molar-refractivity contribution in [1.29, 1.82) is 0 Å². The molecule has 85 heavy (non-hydrogen) atoms. The molecule has 0 aliphatic rings. The Morgan fingerprint density at radius 1 is 0.412 bits per heavy atom. The lowest BCUT2D eigenvalue weighted by Crippen LogP contribution is -2.45. The second-order valence-corrected chi connectivity index (χ2v) is 27.0. The van der Waals surface area contributed by atoms with Gasteiger partial charge in [-0.3, -0.25) is 13.8 Å². The molecule has 0 aliphatic carbocycles. The van der Waals surface area contributed by atoms with Crippen LogP contribution < -0.4 is 5.32 Å². The Hall–Kier alpha value is -2.58. The predicted octanol–water partition coefficient (Wildman–Crippen LogP) is 23.3. The highest BCUT2D eigenvalue weighted by atomic mass is 31.2. The molecule has 0 spiro atoms. The highest BCUT2D eigenvalue weighted by Gasteiger charge is 2.28. The van der Waals surface area contributed by atoms with Crippen LogP contribution in [0.2, 0.25) is 0 Å². The molecule has 0 radical (unpaired) electrons. The van der Waals surface area contributed by atoms with Crippen LogP contribution in [0.1, 0.15) is 328 Å². The maximum Gasteiger partial charge on any atom is 0.472 e. The number of aliphatic hydroxyl groups excluding tert-OH is 1. The number of aliphatic hydroxyl groups is 1. The summed E-state index contributed by atoms with van der Waals surface area (Å²) >= 11 is 0. The van der Waals surface area contributed by atoms with E-state index in [4.69, 9.17) is 9.05 Å². The van der Waals surface area contributed by atoms with Crippen molar-refractivity contribution < 1.29 is 32.9 Å². The number of nitrogens with one attached hydrogen (secondary N) is 1. The lowest BCUT2D eigenvalue weighted by Gasteiger charge is -2.25. The number of allylic oxidation sites excluding steroid dienone is 15. The number of hydrogen-bond donors (Lipinski definition) is 3. The molecule has 3 N–H and O–H groups in total. The van der Waals surface area contributed by atoms with Crippen LogP contribution in [0.4, 0.5) is 0 Å². The van der Waals surface area contributed by atoms with E-state index in [2.05, 4.69) is 104 Å². The van der Waals surface area contributed by atoms with Crippen molar-refractivity contribution in [2.75, 3.05) is 40.9 Å². The van der Waals surface area contributed by atoms with Crippen LogP contribution in [0.15, 0.2) is 97.2 Å². The average molecular weight is 1210 g/mol. The van der Waals surface area contributed by atoms with Crippen molar-refractivity contribution in [2.24, 2.45) is 0 Å². The van der Waals surface area contributed by atoms with Gasteiger partial charge >= 0.3 is 7.82 Å². The standard InChI is InChI=1S/C76H139N2O6P/c1-6-8-10-12-14-16-18-20-22-24-26-28-30-32-33-34-35-36-37-38-39-40-41-42-43-44-45-46-48-50-52-54-56-58-60-62-64-66-68-70-76(80)77-74(73-84-85(81,82)83-72-71-78(3,4)5)75(79)69-67-65-63-61-59-57-55-53-51-49-47-31-29-27-25-23-21-19-17-15-13-11-9-7-2/h8,10,14,16,20,22,26,28,32-33,35-36,38-39,67,69,74-75,79H,6-7,9,11-13,15,17-19,21,23-25,27,29-31,34,37,40-66,68,70-73H2,1-5H3,(H-,77,80,81,82)/p+1/b10-8-,16-14-,22-20-,28-26-,33-32-,36-35-,39-38-,69-67+. The largest absolute Gasteiger partial charge is 0.472 e. The minimum atomic E-state index is -4.36. The van der Waals surface area contributed by atoms with E-state index in [1.54, 1.807) is 6.08 Å². The summed E-state index contributed by atoms with van der Waals surface area (Å²) in [4.78, 5) is 23.4. The summed E-state index contributed by atoms with van der Waals surface area (Å²) in [5.74, 6) is -0.174. The Bertz CT molecular complexity index is 1710. The van der Waals surface area contributed by atoms with Gasteiger partial charge in [0.2, 0.25) is 5.91 Å². The summed E-state index contributed by atoms with van der Waals surface area (Å²) < 4.78 is 23.8. The molecule has 0 aromatic heterocycles. The van der Waals surface area contributed by atoms with Gasteiger partial charge in [0, 0.05) is 6.42 Å². The van der Waals surface area contributed by atoms with Crippen LogP contribution in [0, 0.1) is 0 Å². The fraction of sp³-hybridized carbons (Fsp3) is 0.776. The zero-order valence-electron chi connectivity index (χ0n) is 56.6. The second kappa shape index (κ2) is 65.9. The summed E-state index contributed by atoms with van der Waals surface area (Å²) in [5.41, 5.74) is 0. The van der Waals surface area contributed by atoms with Gasteiger partial charge in [-0.05, 0) is 77.0 Å². The molecule has 0 saturated carbocycles. The number of rotatable bonds is 66. The third kappa shape index (κ3) is 68.8. The van der Waals surface area contributed by atoms with Gasteiger partial charge in [-0.15, -0.1) is 0 Å². The molecule has 9 heteroatoms. The first kappa shape index (κ1) is 82.4. The molecule has 3 atom stereocenters. The van der Waals surface area contributed by atoms with Gasteiger partial charge in [0.1, 0.15) is 13.2 Å². The van der Waals surface area contributed by atoms with E-state index in [9.17, 15) is 19.4 Å². The summed E-state index contributed by atoms with van der Waals surface area (Å²) in [7, 11) is 1.58. The monoisotopic (exact) mass is 1210 g/mol. The van der Waals surface area contributed by atoms with Gasteiger partial charge in [-0.1, -0.05) is 342 Å². The summed E-state index contributed by atoms with van der Waals surface area (Å²) in [5, 5.41) is 14.0. The van der Waals surface area contributed by atoms with Crippen LogP contribution in [-0.2, 0) is 18.4 Å². The molecule has 0 heterocycles. The van der Waals surface area contributed by atoms with Crippen LogP contribution in [-0.4, -0.2) is 73.4 Å². The van der Waals surface area contributed by atoms with E-state index >= 15 is 0 Å². The molecule has 0 bridgehead atoms. The molecule has 0 fully saturated rings. The number of phosphoric acid groups is 1. The van der Waals surface area contributed by atoms with Gasteiger partial charge in [-0.25, -0.2) is 4.57 Å². The van der Waals surface area contributed by atoms with Gasteiger partial charge in [0.15, 0.2) is 0 Å². The van der Waals surface area contributed by atoms with E-state index in [1.807, 2.05) is 27.2 Å². The van der Waals surface area contributed by atoms with Crippen LogP contribution in [0.5, 0.6) is 0 Å². The number of unbranched alkanes of at least 4 members (excludes halogenated alkanes) is 39. The first-order valence-electron chi connectivity index (χ1n) is 36.1. The number of carbonyl (C=O) groups excluding carboxylic acids is 1. The van der Waals surface area contributed by atoms with Crippen molar-refractivity contribution in [3.8, 4) is 0 Å². The highest BCUT2D eigenvalue weighted by Crippen LogP contribution is 2.43. The molecule has 0 rings (SSSR count). The van der Waals surface area contributed by atoms with E-state index in [0.29, 0.717) is 17.4 Å². The zero-order chi connectivity index (χ0) is 61.9. The fourth-order valence-electron chi connectivity index (χ4n) is 10.5. The number of phosphoric ester groups is 1. The number of nitrogens with zero attached hydrogens (tertiary/aromatic N) is 1. The maximum atomic E-state index is 13.1. The molecule has 1 amide bonds. The van der Waals surface area contributed by atoms with Crippen LogP contribution in [0.3, 0.4) is 0 Å². The lowest BCUT2D eigenvalue weighted by atomic mass is 10.0. The van der Waals surface area contributed by atoms with Crippen molar-refractivity contribution in [3.05, 3.63) is 97.2 Å². The third-order valence-electron chi connectivity index (χ3n) is 16.1. The minimum Gasteiger partial charge on any atom is -0.387 e. The number of amides is 1. The molecule has 0 aliphatic heterocycles. The molecule has 0 aromatic carbocycles. The Morgan fingerprint density at radius 2 is 0.706 bits per heavy atom. The van der Waals surface area contributed by atoms with Crippen LogP contribution >= 0.6 is 7.82 Å². The maximum absolute atomic E-state index is 13.1. The molecular formula is C76H140N2O6P+. The number of likely N-dealkylation sites (N-methyl/N-ethyl adjacent to an activating group) is 1. The first-order valence-corrected chi connectivity index (χ1v) is 37.6.